The monoisotopic (exact) mass is 353 g/mol. The number of thiophene rings is 1. The lowest BCUT2D eigenvalue weighted by Gasteiger charge is -2.22. The van der Waals surface area contributed by atoms with Gasteiger partial charge in [-0.15, -0.1) is 11.3 Å². The Hall–Kier alpha value is -1.40. The van der Waals surface area contributed by atoms with Crippen molar-refractivity contribution in [1.29, 1.82) is 0 Å². The molecule has 0 saturated heterocycles. The lowest BCUT2D eigenvalue weighted by molar-refractivity contribution is -0.161. The zero-order chi connectivity index (χ0) is 17.5. The summed E-state index contributed by atoms with van der Waals surface area (Å²) in [4.78, 5) is 27.3. The highest BCUT2D eigenvalue weighted by Gasteiger charge is 2.33. The summed E-state index contributed by atoms with van der Waals surface area (Å²) in [6.45, 7) is 6.78. The van der Waals surface area contributed by atoms with Gasteiger partial charge in [-0.2, -0.15) is 0 Å². The largest absolute Gasteiger partial charge is 0.454 e. The van der Waals surface area contributed by atoms with Gasteiger partial charge < -0.3 is 14.4 Å². The van der Waals surface area contributed by atoms with Crippen LogP contribution in [0, 0.1) is 5.92 Å². The van der Waals surface area contributed by atoms with Crippen molar-refractivity contribution >= 4 is 23.2 Å². The zero-order valence-electron chi connectivity index (χ0n) is 14.7. The van der Waals surface area contributed by atoms with Crippen LogP contribution < -0.4 is 0 Å². The summed E-state index contributed by atoms with van der Waals surface area (Å²) >= 11 is 1.63. The van der Waals surface area contributed by atoms with E-state index in [4.69, 9.17) is 9.47 Å². The second-order valence-corrected chi connectivity index (χ2v) is 7.67. The average Bonchev–Trinajstić information content (AvgIpc) is 3.25. The second-order valence-electron chi connectivity index (χ2n) is 6.64. The first-order valence-electron chi connectivity index (χ1n) is 8.57. The van der Waals surface area contributed by atoms with Gasteiger partial charge in [-0.05, 0) is 43.6 Å². The Bertz CT molecular complexity index is 525. The molecule has 134 valence electrons. The quantitative estimate of drug-likeness (QED) is 0.606. The van der Waals surface area contributed by atoms with Crippen molar-refractivity contribution in [3.63, 3.8) is 0 Å². The highest BCUT2D eigenvalue weighted by molar-refractivity contribution is 7.09. The zero-order valence-corrected chi connectivity index (χ0v) is 15.5. The van der Waals surface area contributed by atoms with E-state index in [0.29, 0.717) is 19.1 Å². The average molecular weight is 353 g/mol. The number of ether oxygens (including phenoxy) is 2. The Labute approximate surface area is 147 Å². The Morgan fingerprint density at radius 2 is 2.08 bits per heavy atom. The van der Waals surface area contributed by atoms with Crippen LogP contribution in [-0.4, -0.2) is 42.1 Å². The molecular weight excluding hydrogens is 326 g/mol. The van der Waals surface area contributed by atoms with Crippen LogP contribution in [-0.2, 0) is 25.6 Å². The van der Waals surface area contributed by atoms with Crippen LogP contribution in [0.3, 0.4) is 0 Å². The highest BCUT2D eigenvalue weighted by atomic mass is 32.1. The number of hydrogen-bond donors (Lipinski definition) is 0. The summed E-state index contributed by atoms with van der Waals surface area (Å²) < 4.78 is 10.6. The molecule has 1 aromatic heterocycles. The van der Waals surface area contributed by atoms with Crippen LogP contribution in [0.2, 0.25) is 0 Å². The van der Waals surface area contributed by atoms with E-state index >= 15 is 0 Å². The van der Waals surface area contributed by atoms with Gasteiger partial charge in [0.05, 0.1) is 6.54 Å². The molecular formula is C18H27NO4S. The summed E-state index contributed by atoms with van der Waals surface area (Å²) in [6, 6.07) is 4.29. The number of esters is 1. The molecule has 0 spiro atoms. The van der Waals surface area contributed by atoms with Gasteiger partial charge in [0.1, 0.15) is 0 Å². The first-order chi connectivity index (χ1) is 11.5. The minimum atomic E-state index is -0.636. The number of amides is 1. The summed E-state index contributed by atoms with van der Waals surface area (Å²) in [5.74, 6) is -0.0771. The fraction of sp³-hybridized carbons (Fsp3) is 0.667. The van der Waals surface area contributed by atoms with E-state index in [2.05, 4.69) is 13.8 Å². The van der Waals surface area contributed by atoms with Crippen LogP contribution in [0.4, 0.5) is 0 Å². The molecule has 1 amide bonds. The van der Waals surface area contributed by atoms with Crippen molar-refractivity contribution in [1.82, 2.24) is 4.90 Å². The van der Waals surface area contributed by atoms with Crippen molar-refractivity contribution in [2.45, 2.75) is 58.7 Å². The van der Waals surface area contributed by atoms with Crippen molar-refractivity contribution in [2.75, 3.05) is 13.2 Å². The van der Waals surface area contributed by atoms with E-state index in [1.54, 1.807) is 18.3 Å². The van der Waals surface area contributed by atoms with Gasteiger partial charge in [-0.25, -0.2) is 4.79 Å². The molecule has 1 aromatic rings. The maximum absolute atomic E-state index is 12.4. The third-order valence-electron chi connectivity index (χ3n) is 3.95. The number of carbonyl (C=O) groups excluding carboxylic acids is 2. The van der Waals surface area contributed by atoms with Crippen molar-refractivity contribution in [3.05, 3.63) is 22.4 Å². The Morgan fingerprint density at radius 1 is 1.33 bits per heavy atom. The molecule has 1 fully saturated rings. The minimum absolute atomic E-state index is 0.131. The van der Waals surface area contributed by atoms with Crippen molar-refractivity contribution in [3.8, 4) is 0 Å². The smallest absolute Gasteiger partial charge is 0.335 e. The molecule has 1 saturated carbocycles. The van der Waals surface area contributed by atoms with Crippen LogP contribution in [0.1, 0.15) is 44.9 Å². The molecule has 6 heteroatoms. The lowest BCUT2D eigenvalue weighted by Crippen LogP contribution is -2.37. The second kappa shape index (κ2) is 9.18. The van der Waals surface area contributed by atoms with E-state index in [1.165, 1.54) is 0 Å². The minimum Gasteiger partial charge on any atom is -0.454 e. The summed E-state index contributed by atoms with van der Waals surface area (Å²) in [6.07, 6.45) is 2.31. The lowest BCUT2D eigenvalue weighted by atomic mass is 10.1. The van der Waals surface area contributed by atoms with Gasteiger partial charge in [-0.1, -0.05) is 19.9 Å². The van der Waals surface area contributed by atoms with Crippen molar-refractivity contribution < 1.29 is 19.1 Å². The first-order valence-corrected chi connectivity index (χ1v) is 9.45. The highest BCUT2D eigenvalue weighted by Crippen LogP contribution is 2.29. The van der Waals surface area contributed by atoms with Gasteiger partial charge in [0.25, 0.3) is 5.91 Å². The third kappa shape index (κ3) is 6.24. The van der Waals surface area contributed by atoms with Gasteiger partial charge in [-0.3, -0.25) is 4.79 Å². The third-order valence-corrected chi connectivity index (χ3v) is 4.81. The summed E-state index contributed by atoms with van der Waals surface area (Å²) in [7, 11) is 0. The Balaban J connectivity index is 1.74. The Morgan fingerprint density at radius 3 is 2.67 bits per heavy atom. The van der Waals surface area contributed by atoms with E-state index < -0.39 is 12.1 Å². The normalized spacial score (nSPS) is 15.3. The van der Waals surface area contributed by atoms with Gasteiger partial charge in [0, 0.05) is 17.5 Å². The van der Waals surface area contributed by atoms with E-state index in [0.717, 1.165) is 24.1 Å². The fourth-order valence-corrected chi connectivity index (χ4v) is 2.96. The van der Waals surface area contributed by atoms with Crippen LogP contribution in [0.5, 0.6) is 0 Å². The van der Waals surface area contributed by atoms with E-state index in [9.17, 15) is 9.59 Å². The molecule has 0 aromatic carbocycles. The van der Waals surface area contributed by atoms with Crippen LogP contribution in [0.15, 0.2) is 17.5 Å². The molecule has 1 heterocycles. The Kier molecular flexibility index (Phi) is 7.24. The first kappa shape index (κ1) is 18.9. The van der Waals surface area contributed by atoms with Gasteiger partial charge in [0.15, 0.2) is 12.7 Å². The van der Waals surface area contributed by atoms with E-state index in [-0.39, 0.29) is 18.6 Å². The molecule has 2 rings (SSSR count). The molecule has 1 unspecified atom stereocenters. The molecule has 0 N–H and O–H groups in total. The molecule has 0 aliphatic heterocycles. The molecule has 5 nitrogen and oxygen atoms in total. The predicted molar refractivity (Wildman–Crippen MR) is 93.7 cm³/mol. The molecule has 1 aliphatic rings. The molecule has 0 bridgehead atoms. The fourth-order valence-electron chi connectivity index (χ4n) is 2.26. The predicted octanol–water partition coefficient (Wildman–Crippen LogP) is 3.23. The molecule has 0 radical (unpaired) electrons. The number of rotatable bonds is 10. The number of hydrogen-bond acceptors (Lipinski definition) is 5. The maximum atomic E-state index is 12.4. The summed E-state index contributed by atoms with van der Waals surface area (Å²) in [5, 5.41) is 2.00. The summed E-state index contributed by atoms with van der Waals surface area (Å²) in [5.41, 5.74) is 0. The van der Waals surface area contributed by atoms with Crippen molar-refractivity contribution in [2.24, 2.45) is 5.92 Å². The van der Waals surface area contributed by atoms with Crippen LogP contribution in [0.25, 0.3) is 0 Å². The number of carbonyl (C=O) groups is 2. The standard InChI is InChI=1S/C18H27NO4S/c1-13(2)8-9-22-14(3)18(21)23-12-17(20)19(15-6-7-15)11-16-5-4-10-24-16/h4-5,10,13-15H,6-9,11-12H2,1-3H3. The molecule has 1 atom stereocenters. The molecule has 24 heavy (non-hydrogen) atoms. The number of nitrogens with zero attached hydrogens (tertiary/aromatic N) is 1. The van der Waals surface area contributed by atoms with Gasteiger partial charge >= 0.3 is 5.97 Å². The topological polar surface area (TPSA) is 55.8 Å². The maximum Gasteiger partial charge on any atom is 0.335 e. The van der Waals surface area contributed by atoms with Crippen LogP contribution >= 0.6 is 11.3 Å². The van der Waals surface area contributed by atoms with Gasteiger partial charge in [0.2, 0.25) is 0 Å². The van der Waals surface area contributed by atoms with E-state index in [1.807, 2.05) is 22.4 Å². The molecule has 1 aliphatic carbocycles. The SMILES string of the molecule is CC(C)CCOC(C)C(=O)OCC(=O)N(Cc1cccs1)C1CC1.